The van der Waals surface area contributed by atoms with Crippen LogP contribution in [0.4, 0.5) is 5.82 Å². The molecule has 0 bridgehead atoms. The number of ether oxygens (including phenoxy) is 1. The van der Waals surface area contributed by atoms with E-state index in [0.717, 1.165) is 25.0 Å². The van der Waals surface area contributed by atoms with E-state index in [-0.39, 0.29) is 11.5 Å². The lowest BCUT2D eigenvalue weighted by Gasteiger charge is -2.07. The van der Waals surface area contributed by atoms with Crippen LogP contribution >= 0.6 is 0 Å². The number of nitrogens with two attached hydrogens (primary N) is 1. The Morgan fingerprint density at radius 1 is 1.18 bits per heavy atom. The minimum absolute atomic E-state index is 0.247. The largest absolute Gasteiger partial charge is 0.494 e. The first-order chi connectivity index (χ1) is 10.7. The maximum Gasteiger partial charge on any atom is 0.349 e. The van der Waals surface area contributed by atoms with Crippen molar-refractivity contribution in [2.24, 2.45) is 0 Å². The molecule has 0 aliphatic carbocycles. The predicted molar refractivity (Wildman–Crippen MR) is 83.4 cm³/mol. The molecule has 0 amide bonds. The normalized spacial score (nSPS) is 10.1. The highest BCUT2D eigenvalue weighted by atomic mass is 16.5. The molecule has 2 N–H and O–H groups in total. The van der Waals surface area contributed by atoms with Gasteiger partial charge in [0.2, 0.25) is 0 Å². The minimum atomic E-state index is -0.311. The Bertz CT molecular complexity index is 701. The van der Waals surface area contributed by atoms with Crippen LogP contribution in [0.1, 0.15) is 24.8 Å². The second-order valence-electron chi connectivity index (χ2n) is 4.87. The SMILES string of the molecule is N#Cc1ccc(OCCCCCn2ccc(N)nc2=O)cc1. The smallest absolute Gasteiger partial charge is 0.349 e. The minimum Gasteiger partial charge on any atom is -0.494 e. The summed E-state index contributed by atoms with van der Waals surface area (Å²) in [5.74, 6) is 1.01. The number of hydrogen-bond acceptors (Lipinski definition) is 5. The molecule has 22 heavy (non-hydrogen) atoms. The van der Waals surface area contributed by atoms with E-state index in [4.69, 9.17) is 15.7 Å². The van der Waals surface area contributed by atoms with Crippen molar-refractivity contribution >= 4 is 5.82 Å². The van der Waals surface area contributed by atoms with Gasteiger partial charge in [0.05, 0.1) is 18.2 Å². The van der Waals surface area contributed by atoms with Gasteiger partial charge in [0.25, 0.3) is 0 Å². The lowest BCUT2D eigenvalue weighted by molar-refractivity contribution is 0.303. The Kier molecular flexibility index (Phi) is 5.55. The maximum atomic E-state index is 11.5. The molecule has 114 valence electrons. The van der Waals surface area contributed by atoms with E-state index in [2.05, 4.69) is 11.1 Å². The second kappa shape index (κ2) is 7.84. The first-order valence-electron chi connectivity index (χ1n) is 7.15. The van der Waals surface area contributed by atoms with E-state index in [9.17, 15) is 4.79 Å². The number of aromatic nitrogens is 2. The van der Waals surface area contributed by atoms with Gasteiger partial charge in [-0.1, -0.05) is 0 Å². The van der Waals surface area contributed by atoms with E-state index in [1.165, 1.54) is 0 Å². The van der Waals surface area contributed by atoms with Crippen LogP contribution in [0.25, 0.3) is 0 Å². The molecule has 0 fully saturated rings. The van der Waals surface area contributed by atoms with Crippen molar-refractivity contribution in [3.63, 3.8) is 0 Å². The Balaban J connectivity index is 1.65. The van der Waals surface area contributed by atoms with Gasteiger partial charge < -0.3 is 10.5 Å². The van der Waals surface area contributed by atoms with Gasteiger partial charge in [-0.25, -0.2) is 4.79 Å². The molecule has 1 heterocycles. The third-order valence-corrected chi connectivity index (χ3v) is 3.19. The lowest BCUT2D eigenvalue weighted by atomic mass is 10.2. The number of nitrogen functional groups attached to an aromatic ring is 1. The van der Waals surface area contributed by atoms with Crippen molar-refractivity contribution in [2.45, 2.75) is 25.8 Å². The number of unbranched alkanes of at least 4 members (excludes halogenated alkanes) is 2. The molecule has 0 saturated heterocycles. The zero-order valence-electron chi connectivity index (χ0n) is 12.2. The van der Waals surface area contributed by atoms with Gasteiger partial charge in [-0.05, 0) is 49.6 Å². The van der Waals surface area contributed by atoms with Crippen LogP contribution in [0.5, 0.6) is 5.75 Å². The summed E-state index contributed by atoms with van der Waals surface area (Å²) in [5, 5.41) is 8.70. The summed E-state index contributed by atoms with van der Waals surface area (Å²) < 4.78 is 7.14. The number of nitriles is 1. The average molecular weight is 298 g/mol. The second-order valence-corrected chi connectivity index (χ2v) is 4.87. The Morgan fingerprint density at radius 3 is 2.64 bits per heavy atom. The van der Waals surface area contributed by atoms with Gasteiger partial charge in [-0.2, -0.15) is 10.2 Å². The standard InChI is InChI=1S/C16H18N4O2/c17-12-13-4-6-14(7-5-13)22-11-3-1-2-9-20-10-8-15(18)19-16(20)21/h4-8,10H,1-3,9,11H2,(H2,18,19,21). The van der Waals surface area contributed by atoms with Crippen LogP contribution in [0.3, 0.4) is 0 Å². The lowest BCUT2D eigenvalue weighted by Crippen LogP contribution is -2.23. The van der Waals surface area contributed by atoms with Gasteiger partial charge in [-0.3, -0.25) is 4.57 Å². The molecule has 6 nitrogen and oxygen atoms in total. The highest BCUT2D eigenvalue weighted by Gasteiger charge is 1.99. The third-order valence-electron chi connectivity index (χ3n) is 3.19. The first kappa shape index (κ1) is 15.6. The van der Waals surface area contributed by atoms with Crippen molar-refractivity contribution in [3.05, 3.63) is 52.6 Å². The molecule has 0 aliphatic rings. The number of anilines is 1. The molecule has 0 spiro atoms. The van der Waals surface area contributed by atoms with E-state index < -0.39 is 0 Å². The summed E-state index contributed by atoms with van der Waals surface area (Å²) in [6.07, 6.45) is 4.39. The van der Waals surface area contributed by atoms with Gasteiger partial charge in [0, 0.05) is 12.7 Å². The van der Waals surface area contributed by atoms with Gasteiger partial charge in [-0.15, -0.1) is 0 Å². The van der Waals surface area contributed by atoms with Crippen LogP contribution < -0.4 is 16.2 Å². The molecule has 0 saturated carbocycles. The van der Waals surface area contributed by atoms with Crippen LogP contribution in [-0.2, 0) is 6.54 Å². The molecule has 0 radical (unpaired) electrons. The molecule has 2 aromatic rings. The molecule has 6 heteroatoms. The summed E-state index contributed by atoms with van der Waals surface area (Å²) in [6.45, 7) is 1.24. The quantitative estimate of drug-likeness (QED) is 0.788. The van der Waals surface area contributed by atoms with Crippen molar-refractivity contribution < 1.29 is 4.74 Å². The summed E-state index contributed by atoms with van der Waals surface area (Å²) in [6, 6.07) is 10.7. The van der Waals surface area contributed by atoms with Crippen LogP contribution in [0.2, 0.25) is 0 Å². The Morgan fingerprint density at radius 2 is 1.95 bits per heavy atom. The number of aryl methyl sites for hydroxylation is 1. The fourth-order valence-corrected chi connectivity index (χ4v) is 1.99. The topological polar surface area (TPSA) is 93.9 Å². The van der Waals surface area contributed by atoms with Crippen molar-refractivity contribution in [1.29, 1.82) is 5.26 Å². The molecular formula is C16H18N4O2. The fraction of sp³-hybridized carbons (Fsp3) is 0.312. The predicted octanol–water partition coefficient (Wildman–Crippen LogP) is 1.95. The Labute approximate surface area is 128 Å². The summed E-state index contributed by atoms with van der Waals surface area (Å²) in [5.41, 5.74) is 5.75. The molecule has 0 aliphatic heterocycles. The molecule has 0 atom stereocenters. The maximum absolute atomic E-state index is 11.5. The molecule has 1 aromatic heterocycles. The Hall–Kier alpha value is -2.81. The molecule has 0 unspecified atom stereocenters. The van der Waals surface area contributed by atoms with Gasteiger partial charge >= 0.3 is 5.69 Å². The van der Waals surface area contributed by atoms with Crippen LogP contribution in [0.15, 0.2) is 41.3 Å². The number of rotatable bonds is 7. The summed E-state index contributed by atoms with van der Waals surface area (Å²) in [7, 11) is 0. The number of hydrogen-bond donors (Lipinski definition) is 1. The zero-order chi connectivity index (χ0) is 15.8. The van der Waals surface area contributed by atoms with Crippen molar-refractivity contribution in [3.8, 4) is 11.8 Å². The van der Waals surface area contributed by atoms with Gasteiger partial charge in [0.15, 0.2) is 0 Å². The van der Waals surface area contributed by atoms with Crippen molar-refractivity contribution in [1.82, 2.24) is 9.55 Å². The summed E-state index contributed by atoms with van der Waals surface area (Å²) >= 11 is 0. The number of benzene rings is 1. The van der Waals surface area contributed by atoms with Crippen LogP contribution in [0, 0.1) is 11.3 Å². The van der Waals surface area contributed by atoms with Gasteiger partial charge in [0.1, 0.15) is 11.6 Å². The number of nitrogens with zero attached hydrogens (tertiary/aromatic N) is 3. The summed E-state index contributed by atoms with van der Waals surface area (Å²) in [4.78, 5) is 15.2. The fourth-order valence-electron chi connectivity index (χ4n) is 1.99. The third kappa shape index (κ3) is 4.63. The zero-order valence-corrected chi connectivity index (χ0v) is 12.2. The van der Waals surface area contributed by atoms with E-state index >= 15 is 0 Å². The molecule has 1 aromatic carbocycles. The van der Waals surface area contributed by atoms with E-state index in [1.807, 2.05) is 0 Å². The molecule has 2 rings (SSSR count). The average Bonchev–Trinajstić information content (AvgIpc) is 2.53. The molecular weight excluding hydrogens is 280 g/mol. The van der Waals surface area contributed by atoms with Crippen LogP contribution in [-0.4, -0.2) is 16.2 Å². The first-order valence-corrected chi connectivity index (χ1v) is 7.15. The monoisotopic (exact) mass is 298 g/mol. The van der Waals surface area contributed by atoms with E-state index in [1.54, 1.807) is 41.1 Å². The van der Waals surface area contributed by atoms with Crippen molar-refractivity contribution in [2.75, 3.05) is 12.3 Å². The highest BCUT2D eigenvalue weighted by Crippen LogP contribution is 2.12. The highest BCUT2D eigenvalue weighted by molar-refractivity contribution is 5.34. The van der Waals surface area contributed by atoms with E-state index in [0.29, 0.717) is 18.7 Å².